The van der Waals surface area contributed by atoms with E-state index in [4.69, 9.17) is 23.7 Å². The number of nitrogens with zero attached hydrogens (tertiary/aromatic N) is 3. The van der Waals surface area contributed by atoms with Crippen LogP contribution in [-0.2, 0) is 14.3 Å². The van der Waals surface area contributed by atoms with Gasteiger partial charge in [-0.05, 0) is 60.7 Å². The number of esters is 2. The van der Waals surface area contributed by atoms with Gasteiger partial charge in [-0.2, -0.15) is 0 Å². The van der Waals surface area contributed by atoms with E-state index in [0.29, 0.717) is 31.5 Å². The largest absolute Gasteiger partial charge is 0.493 e. The molecule has 0 bridgehead atoms. The number of fused-ring (bicyclic) bond motifs is 1. The first-order valence-electron chi connectivity index (χ1n) is 19.8. The van der Waals surface area contributed by atoms with Crippen molar-refractivity contribution in [3.63, 3.8) is 0 Å². The number of carbonyl (C=O) groups excluding carboxylic acids is 5. The highest BCUT2D eigenvalue weighted by Gasteiger charge is 2.59. The normalized spacial score (nSPS) is 16.7. The Kier molecular flexibility index (Phi) is 15.2. The number of carbonyl (C=O) groups is 5. The summed E-state index contributed by atoms with van der Waals surface area (Å²) in [6.45, 7) is 6.54. The monoisotopic (exact) mass is 865 g/mol. The molecule has 0 aromatic heterocycles. The van der Waals surface area contributed by atoms with Gasteiger partial charge in [-0.15, -0.1) is 0 Å². The standard InChI is InChI=1S/C43H49F2N5O12/c1-23(2)32-35-24(3)29(36(49(35)41(32)53)43(55)62-42(54)25-10-12-26(13-11-25)50(56)57)22-48(20-8-18-46-39(51)27-14-16-30(58-4)37(60-6)33(27)44)21-9-19-47-40(52)28-15-17-31(59-5)38(61-7)34(28)45/h10-17,23-24,32,35H,8-9,18-22H2,1-7H3,(H,46,51)(H,47,52)/t24-,32+,35+/m0/s1. The molecule has 2 heterocycles. The molecule has 2 aliphatic heterocycles. The Morgan fingerprint density at radius 3 is 1.73 bits per heavy atom. The summed E-state index contributed by atoms with van der Waals surface area (Å²) in [5, 5.41) is 16.5. The Labute approximate surface area is 356 Å². The van der Waals surface area contributed by atoms with E-state index in [9.17, 15) is 34.1 Å². The molecule has 3 aromatic rings. The molecule has 3 aromatic carbocycles. The van der Waals surface area contributed by atoms with Crippen LogP contribution in [0.25, 0.3) is 0 Å². The molecule has 0 radical (unpaired) electrons. The first kappa shape index (κ1) is 46.4. The number of nitrogens with one attached hydrogen (secondary N) is 2. The molecular formula is C43H49F2N5O12. The molecule has 0 spiro atoms. The number of nitro benzene ring substituents is 1. The first-order chi connectivity index (χ1) is 29.6. The van der Waals surface area contributed by atoms with Crippen molar-refractivity contribution in [3.05, 3.63) is 98.2 Å². The zero-order chi connectivity index (χ0) is 45.4. The van der Waals surface area contributed by atoms with Gasteiger partial charge in [-0.3, -0.25) is 29.4 Å². The number of methoxy groups -OCH3 is 4. The van der Waals surface area contributed by atoms with Crippen molar-refractivity contribution in [2.75, 3.05) is 61.2 Å². The topological polar surface area (TPSA) is 205 Å². The molecule has 17 nitrogen and oxygen atoms in total. The number of nitro groups is 1. The fraction of sp³-hybridized carbons (Fsp3) is 0.419. The van der Waals surface area contributed by atoms with E-state index in [0.717, 1.165) is 24.3 Å². The molecule has 332 valence electrons. The van der Waals surface area contributed by atoms with E-state index in [1.54, 1.807) is 0 Å². The molecule has 2 aliphatic rings. The van der Waals surface area contributed by atoms with Gasteiger partial charge in [-0.1, -0.05) is 20.8 Å². The molecule has 0 aliphatic carbocycles. The number of halogens is 2. The zero-order valence-corrected chi connectivity index (χ0v) is 35.4. The lowest BCUT2D eigenvalue weighted by Gasteiger charge is -2.47. The predicted octanol–water partition coefficient (Wildman–Crippen LogP) is 4.92. The van der Waals surface area contributed by atoms with Crippen LogP contribution in [0.5, 0.6) is 23.0 Å². The van der Waals surface area contributed by atoms with Crippen LogP contribution in [0.15, 0.2) is 59.8 Å². The van der Waals surface area contributed by atoms with E-state index in [2.05, 4.69) is 10.6 Å². The van der Waals surface area contributed by atoms with E-state index < -0.39 is 52.3 Å². The molecular weight excluding hydrogens is 816 g/mol. The summed E-state index contributed by atoms with van der Waals surface area (Å²) in [6, 6.07) is 9.48. The second-order valence-corrected chi connectivity index (χ2v) is 14.9. The highest BCUT2D eigenvalue weighted by molar-refractivity contribution is 6.06. The van der Waals surface area contributed by atoms with Crippen molar-refractivity contribution in [2.45, 2.75) is 39.7 Å². The van der Waals surface area contributed by atoms with Gasteiger partial charge in [0, 0.05) is 50.8 Å². The Morgan fingerprint density at radius 1 is 0.790 bits per heavy atom. The molecule has 5 rings (SSSR count). The van der Waals surface area contributed by atoms with Crippen LogP contribution >= 0.6 is 0 Å². The average Bonchev–Trinajstić information content (AvgIpc) is 3.49. The number of amides is 3. The minimum absolute atomic E-state index is 0.0705. The maximum Gasteiger partial charge on any atom is 0.362 e. The Morgan fingerprint density at radius 2 is 1.29 bits per heavy atom. The van der Waals surface area contributed by atoms with Gasteiger partial charge in [0.25, 0.3) is 17.5 Å². The van der Waals surface area contributed by atoms with Gasteiger partial charge in [0.05, 0.1) is 62.0 Å². The third kappa shape index (κ3) is 9.62. The van der Waals surface area contributed by atoms with Crippen LogP contribution in [0, 0.1) is 39.5 Å². The molecule has 3 atom stereocenters. The third-order valence-electron chi connectivity index (χ3n) is 10.9. The van der Waals surface area contributed by atoms with Gasteiger partial charge in [0.2, 0.25) is 5.91 Å². The fourth-order valence-corrected chi connectivity index (χ4v) is 7.78. The van der Waals surface area contributed by atoms with Crippen LogP contribution in [0.2, 0.25) is 0 Å². The Hall–Kier alpha value is -6.63. The SMILES string of the molecule is COc1ccc(C(=O)NCCCN(CCCNC(=O)c2ccc(OC)c(OC)c2F)CC2=C(C(=O)OC(=O)c3ccc([N+](=O)[O-])cc3)N3C(=O)[C@H](C(C)C)[C@H]3[C@H]2C)c(F)c1OC. The van der Waals surface area contributed by atoms with Gasteiger partial charge >= 0.3 is 11.9 Å². The number of benzene rings is 3. The van der Waals surface area contributed by atoms with Gasteiger partial charge in [-0.25, -0.2) is 18.4 Å². The van der Waals surface area contributed by atoms with Crippen LogP contribution < -0.4 is 29.6 Å². The van der Waals surface area contributed by atoms with Crippen LogP contribution in [-0.4, -0.2) is 112 Å². The smallest absolute Gasteiger partial charge is 0.362 e. The maximum absolute atomic E-state index is 15.1. The van der Waals surface area contributed by atoms with E-state index in [-0.39, 0.29) is 88.5 Å². The van der Waals surface area contributed by atoms with Crippen molar-refractivity contribution >= 4 is 35.3 Å². The summed E-state index contributed by atoms with van der Waals surface area (Å²) in [7, 11) is 5.18. The highest BCUT2D eigenvalue weighted by atomic mass is 19.1. The summed E-state index contributed by atoms with van der Waals surface area (Å²) < 4.78 is 56.0. The lowest BCUT2D eigenvalue weighted by Crippen LogP contribution is -2.62. The molecule has 0 saturated carbocycles. The van der Waals surface area contributed by atoms with E-state index in [1.807, 2.05) is 25.7 Å². The van der Waals surface area contributed by atoms with Crippen molar-refractivity contribution in [1.29, 1.82) is 0 Å². The number of ether oxygens (including phenoxy) is 5. The van der Waals surface area contributed by atoms with Crippen molar-refractivity contribution < 1.29 is 61.4 Å². The quantitative estimate of drug-likeness (QED) is 0.0387. The van der Waals surface area contributed by atoms with Crippen molar-refractivity contribution in [2.24, 2.45) is 17.8 Å². The molecule has 0 unspecified atom stereocenters. The maximum atomic E-state index is 15.1. The summed E-state index contributed by atoms with van der Waals surface area (Å²) in [6.07, 6.45) is 0.648. The zero-order valence-electron chi connectivity index (χ0n) is 35.4. The molecule has 1 saturated heterocycles. The van der Waals surface area contributed by atoms with Gasteiger partial charge < -0.3 is 39.2 Å². The minimum atomic E-state index is -1.07. The van der Waals surface area contributed by atoms with Gasteiger partial charge in [0.1, 0.15) is 5.70 Å². The summed E-state index contributed by atoms with van der Waals surface area (Å²) in [5.41, 5.74) is -0.468. The second kappa shape index (κ2) is 20.3. The lowest BCUT2D eigenvalue weighted by atomic mass is 9.74. The Balaban J connectivity index is 1.36. The number of hydrogen-bond donors (Lipinski definition) is 2. The van der Waals surface area contributed by atoms with E-state index in [1.165, 1.54) is 57.6 Å². The third-order valence-corrected chi connectivity index (χ3v) is 10.9. The van der Waals surface area contributed by atoms with Crippen molar-refractivity contribution in [1.82, 2.24) is 20.4 Å². The van der Waals surface area contributed by atoms with Crippen LogP contribution in [0.4, 0.5) is 14.5 Å². The molecule has 3 amide bonds. The molecule has 1 fully saturated rings. The summed E-state index contributed by atoms with van der Waals surface area (Å²) in [4.78, 5) is 80.5. The first-order valence-corrected chi connectivity index (χ1v) is 19.8. The lowest BCUT2D eigenvalue weighted by molar-refractivity contribution is -0.384. The summed E-state index contributed by atoms with van der Waals surface area (Å²) >= 11 is 0. The number of β-lactam (4-membered cyclic amide) rings is 1. The second-order valence-electron chi connectivity index (χ2n) is 14.9. The van der Waals surface area contributed by atoms with Crippen molar-refractivity contribution in [3.8, 4) is 23.0 Å². The number of non-ortho nitro benzene ring substituents is 1. The number of hydrogen-bond acceptors (Lipinski definition) is 13. The predicted molar refractivity (Wildman–Crippen MR) is 218 cm³/mol. The molecule has 19 heteroatoms. The average molecular weight is 866 g/mol. The van der Waals surface area contributed by atoms with Crippen LogP contribution in [0.1, 0.15) is 64.7 Å². The van der Waals surface area contributed by atoms with E-state index >= 15 is 8.78 Å². The number of rotatable bonds is 20. The molecule has 62 heavy (non-hydrogen) atoms. The minimum Gasteiger partial charge on any atom is -0.493 e. The van der Waals surface area contributed by atoms with Crippen LogP contribution in [0.3, 0.4) is 0 Å². The Bertz CT molecular complexity index is 2170. The van der Waals surface area contributed by atoms with Gasteiger partial charge in [0.15, 0.2) is 34.6 Å². The molecule has 2 N–H and O–H groups in total. The fourth-order valence-electron chi connectivity index (χ4n) is 7.78. The highest BCUT2D eigenvalue weighted by Crippen LogP contribution is 2.49. The summed E-state index contributed by atoms with van der Waals surface area (Å²) in [5.74, 6) is -6.69.